The van der Waals surface area contributed by atoms with E-state index in [2.05, 4.69) is 62.8 Å². The molecule has 5 heterocycles. The summed E-state index contributed by atoms with van der Waals surface area (Å²) in [7, 11) is 0. The molecule has 2 N–H and O–H groups in total. The summed E-state index contributed by atoms with van der Waals surface area (Å²) in [6.07, 6.45) is 8.62. The van der Waals surface area contributed by atoms with Crippen molar-refractivity contribution in [3.05, 3.63) is 35.9 Å². The summed E-state index contributed by atoms with van der Waals surface area (Å²) in [5.74, 6) is 1.24. The summed E-state index contributed by atoms with van der Waals surface area (Å²) < 4.78 is 5.64. The van der Waals surface area contributed by atoms with Gasteiger partial charge in [-0.15, -0.1) is 0 Å². The predicted molar refractivity (Wildman–Crippen MR) is 157 cm³/mol. The predicted octanol–water partition coefficient (Wildman–Crippen LogP) is 3.04. The minimum absolute atomic E-state index is 0.0224. The van der Waals surface area contributed by atoms with Crippen molar-refractivity contribution in [1.82, 2.24) is 25.6 Å². The first kappa shape index (κ1) is 27.8. The number of nitrogens with zero attached hydrogens (tertiary/aromatic N) is 3. The van der Waals surface area contributed by atoms with Crippen LogP contribution in [0.3, 0.4) is 0 Å². The van der Waals surface area contributed by atoms with Gasteiger partial charge in [-0.3, -0.25) is 19.9 Å². The second-order valence-corrected chi connectivity index (χ2v) is 14.1. The number of benzene rings is 1. The minimum Gasteiger partial charge on any atom is -0.381 e. The number of fused-ring (bicyclic) bond motifs is 3. The fraction of sp³-hybridized carbons (Fsp3) is 0.758. The standard InChI is InChI=1S/C33H49N5O3/c1-23-19-29-27(30-28(31(39)35-29)21-34-38(30)25-7-17-41-18-8-25)20-26(23)32(40)37-15-11-33(12-16-37)9-13-36(14-10-33)22-24-5-3-2-4-6-24/h2-6,23,25-30,34H,7-22H2,1H3,(H,35,39). The minimum atomic E-state index is -0.0224. The number of hydrogen-bond acceptors (Lipinski definition) is 6. The van der Waals surface area contributed by atoms with Crippen LogP contribution in [0.25, 0.3) is 0 Å². The molecule has 1 aromatic carbocycles. The van der Waals surface area contributed by atoms with Crippen LogP contribution >= 0.6 is 0 Å². The van der Waals surface area contributed by atoms with Gasteiger partial charge in [0.05, 0.1) is 5.92 Å². The van der Waals surface area contributed by atoms with Crippen molar-refractivity contribution in [2.24, 2.45) is 29.1 Å². The van der Waals surface area contributed by atoms with Gasteiger partial charge in [0, 0.05) is 63.4 Å². The van der Waals surface area contributed by atoms with Crippen LogP contribution in [0.4, 0.5) is 0 Å². The molecule has 6 unspecified atom stereocenters. The number of rotatable bonds is 4. The third-order valence-corrected chi connectivity index (χ3v) is 11.9. The Morgan fingerprint density at radius 2 is 1.71 bits per heavy atom. The van der Waals surface area contributed by atoms with Crippen molar-refractivity contribution in [3.8, 4) is 0 Å². The molecule has 6 atom stereocenters. The lowest BCUT2D eigenvalue weighted by molar-refractivity contribution is -0.145. The highest BCUT2D eigenvalue weighted by atomic mass is 16.5. The molecule has 1 spiro atoms. The number of ether oxygens (including phenoxy) is 1. The molecule has 2 amide bonds. The van der Waals surface area contributed by atoms with Gasteiger partial charge in [-0.25, -0.2) is 5.01 Å². The van der Waals surface area contributed by atoms with Crippen LogP contribution in [-0.4, -0.2) is 90.7 Å². The highest BCUT2D eigenvalue weighted by molar-refractivity contribution is 5.82. The Kier molecular flexibility index (Phi) is 7.86. The average Bonchev–Trinajstić information content (AvgIpc) is 3.46. The van der Waals surface area contributed by atoms with Gasteiger partial charge in [-0.1, -0.05) is 37.3 Å². The van der Waals surface area contributed by atoms with Gasteiger partial charge >= 0.3 is 0 Å². The van der Waals surface area contributed by atoms with Crippen LogP contribution in [-0.2, 0) is 20.9 Å². The fourth-order valence-electron chi connectivity index (χ4n) is 9.28. The molecule has 0 bridgehead atoms. The number of likely N-dealkylation sites (tertiary alicyclic amines) is 2. The Bertz CT molecular complexity index is 1080. The van der Waals surface area contributed by atoms with Gasteiger partial charge in [0.2, 0.25) is 11.8 Å². The maximum Gasteiger partial charge on any atom is 0.226 e. The van der Waals surface area contributed by atoms with Gasteiger partial charge in [-0.05, 0) is 87.3 Å². The molecule has 7 rings (SSSR count). The molecule has 6 aliphatic rings. The van der Waals surface area contributed by atoms with E-state index in [1.54, 1.807) is 0 Å². The Balaban J connectivity index is 0.970. The number of nitrogens with one attached hydrogen (secondary N) is 2. The summed E-state index contributed by atoms with van der Waals surface area (Å²) in [5.41, 5.74) is 5.43. The van der Waals surface area contributed by atoms with E-state index >= 15 is 0 Å². The number of hydrogen-bond donors (Lipinski definition) is 2. The zero-order valence-electron chi connectivity index (χ0n) is 24.8. The molecule has 5 aliphatic heterocycles. The molecule has 1 aromatic rings. The van der Waals surface area contributed by atoms with E-state index in [0.29, 0.717) is 35.7 Å². The summed E-state index contributed by atoms with van der Waals surface area (Å²) in [6.45, 7) is 9.74. The van der Waals surface area contributed by atoms with E-state index in [1.165, 1.54) is 18.4 Å². The Morgan fingerprint density at radius 3 is 2.44 bits per heavy atom. The topological polar surface area (TPSA) is 77.2 Å². The second kappa shape index (κ2) is 11.6. The van der Waals surface area contributed by atoms with Gasteiger partial charge in [0.1, 0.15) is 0 Å². The first-order valence-corrected chi connectivity index (χ1v) is 16.4. The maximum absolute atomic E-state index is 14.1. The number of piperidine rings is 3. The van der Waals surface area contributed by atoms with Gasteiger partial charge in [0.15, 0.2) is 0 Å². The SMILES string of the molecule is CC1CC2NC(=O)C3CNN(C4CCOCC4)C3C2CC1C(=O)N1CCC2(CCN(Cc3ccccc3)CC2)CC1. The molecular weight excluding hydrogens is 514 g/mol. The fourth-order valence-corrected chi connectivity index (χ4v) is 9.28. The molecular formula is C33H49N5O3. The summed E-state index contributed by atoms with van der Waals surface area (Å²) >= 11 is 0. The summed E-state index contributed by atoms with van der Waals surface area (Å²) in [5, 5.41) is 5.81. The van der Waals surface area contributed by atoms with Crippen LogP contribution in [0.2, 0.25) is 0 Å². The van der Waals surface area contributed by atoms with Crippen molar-refractivity contribution < 1.29 is 14.3 Å². The van der Waals surface area contributed by atoms with Crippen molar-refractivity contribution >= 4 is 11.8 Å². The Labute approximate surface area is 245 Å². The lowest BCUT2D eigenvalue weighted by atomic mass is 9.64. The van der Waals surface area contributed by atoms with Crippen LogP contribution < -0.4 is 10.7 Å². The van der Waals surface area contributed by atoms with Crippen LogP contribution in [0.5, 0.6) is 0 Å². The average molecular weight is 564 g/mol. The second-order valence-electron chi connectivity index (χ2n) is 14.1. The summed E-state index contributed by atoms with van der Waals surface area (Å²) in [6, 6.07) is 11.6. The van der Waals surface area contributed by atoms with Gasteiger partial charge in [0.25, 0.3) is 0 Å². The monoisotopic (exact) mass is 563 g/mol. The van der Waals surface area contributed by atoms with Crippen LogP contribution in [0.1, 0.15) is 63.9 Å². The lowest BCUT2D eigenvalue weighted by Gasteiger charge is -2.51. The molecule has 41 heavy (non-hydrogen) atoms. The Morgan fingerprint density at radius 1 is 1.00 bits per heavy atom. The first-order valence-electron chi connectivity index (χ1n) is 16.4. The highest BCUT2D eigenvalue weighted by Crippen LogP contribution is 2.46. The molecule has 8 heteroatoms. The molecule has 6 fully saturated rings. The molecule has 1 aliphatic carbocycles. The third-order valence-electron chi connectivity index (χ3n) is 11.9. The van der Waals surface area contributed by atoms with E-state index in [4.69, 9.17) is 4.74 Å². The number of hydrazine groups is 1. The zero-order chi connectivity index (χ0) is 28.0. The van der Waals surface area contributed by atoms with E-state index < -0.39 is 0 Å². The van der Waals surface area contributed by atoms with Crippen molar-refractivity contribution in [2.75, 3.05) is 45.9 Å². The maximum atomic E-state index is 14.1. The first-order chi connectivity index (χ1) is 20.0. The van der Waals surface area contributed by atoms with Crippen LogP contribution in [0.15, 0.2) is 30.3 Å². The number of amides is 2. The van der Waals surface area contributed by atoms with Gasteiger partial charge < -0.3 is 15.0 Å². The lowest BCUT2D eigenvalue weighted by Crippen LogP contribution is -2.64. The van der Waals surface area contributed by atoms with E-state index in [9.17, 15) is 9.59 Å². The third kappa shape index (κ3) is 5.46. The smallest absolute Gasteiger partial charge is 0.226 e. The molecule has 0 radical (unpaired) electrons. The highest BCUT2D eigenvalue weighted by Gasteiger charge is 2.55. The van der Waals surface area contributed by atoms with E-state index in [-0.39, 0.29) is 29.8 Å². The normalized spacial score (nSPS) is 36.5. The van der Waals surface area contributed by atoms with E-state index in [0.717, 1.165) is 84.5 Å². The molecule has 1 saturated carbocycles. The summed E-state index contributed by atoms with van der Waals surface area (Å²) in [4.78, 5) is 32.0. The molecule has 0 aromatic heterocycles. The zero-order valence-corrected chi connectivity index (χ0v) is 24.8. The molecule has 8 nitrogen and oxygen atoms in total. The number of carbonyl (C=O) groups is 2. The van der Waals surface area contributed by atoms with Crippen molar-refractivity contribution in [3.63, 3.8) is 0 Å². The van der Waals surface area contributed by atoms with Crippen molar-refractivity contribution in [2.45, 2.75) is 83.0 Å². The Hall–Kier alpha value is -2.00. The van der Waals surface area contributed by atoms with Crippen LogP contribution in [0, 0.1) is 29.1 Å². The molecule has 5 saturated heterocycles. The number of carbonyl (C=O) groups excluding carboxylic acids is 2. The quantitative estimate of drug-likeness (QED) is 0.587. The molecule has 224 valence electrons. The van der Waals surface area contributed by atoms with E-state index in [1.807, 2.05) is 0 Å². The van der Waals surface area contributed by atoms with Gasteiger partial charge in [-0.2, -0.15) is 0 Å². The van der Waals surface area contributed by atoms with Crippen molar-refractivity contribution in [1.29, 1.82) is 0 Å². The largest absolute Gasteiger partial charge is 0.381 e.